The van der Waals surface area contributed by atoms with Crippen LogP contribution in [0.3, 0.4) is 0 Å². The van der Waals surface area contributed by atoms with Crippen molar-refractivity contribution in [2.45, 2.75) is 111 Å². The average molecular weight is 601 g/mol. The number of benzene rings is 2. The zero-order valence-electron chi connectivity index (χ0n) is 25.4. The molecular weight excluding hydrogens is 560 g/mol. The molecule has 8 heteroatoms. The van der Waals surface area contributed by atoms with Gasteiger partial charge in [0.05, 0.1) is 36.3 Å². The standard InChI is InChI=1S/2C18H20O4/c2*1-21-13-5-4-10-9-11-3-2-7-17-14(10)15(13)22-16(17)12(19)6-8-18(11,17)20/h2*4-5,11,16,20H,2-3,6-9H2,1H3/t2*11?,16-,17-,18+/m10/s1. The Morgan fingerprint density at radius 3 is 1.52 bits per heavy atom. The van der Waals surface area contributed by atoms with Gasteiger partial charge in [0.25, 0.3) is 0 Å². The van der Waals surface area contributed by atoms with Gasteiger partial charge in [-0.3, -0.25) is 9.59 Å². The topological polar surface area (TPSA) is 112 Å². The summed E-state index contributed by atoms with van der Waals surface area (Å²) in [7, 11) is 3.25. The van der Waals surface area contributed by atoms with E-state index in [9.17, 15) is 19.8 Å². The molecule has 232 valence electrons. The second-order valence-electron chi connectivity index (χ2n) is 14.6. The number of ether oxygens (including phenoxy) is 4. The zero-order valence-corrected chi connectivity index (χ0v) is 25.4. The van der Waals surface area contributed by atoms with Crippen molar-refractivity contribution in [2.75, 3.05) is 14.2 Å². The number of rotatable bonds is 2. The molecule has 0 aromatic heterocycles. The number of Topliss-reactive ketones (excluding diaryl/α,β-unsaturated/α-hetero) is 2. The van der Waals surface area contributed by atoms with Crippen LogP contribution in [-0.4, -0.2) is 59.4 Å². The molecule has 8 atom stereocenters. The lowest BCUT2D eigenvalue weighted by atomic mass is 9.46. The highest BCUT2D eigenvalue weighted by atomic mass is 16.5. The average Bonchev–Trinajstić information content (AvgIpc) is 3.55. The van der Waals surface area contributed by atoms with E-state index in [1.165, 1.54) is 11.1 Å². The fourth-order valence-electron chi connectivity index (χ4n) is 11.6. The lowest BCUT2D eigenvalue weighted by Gasteiger charge is -2.59. The van der Waals surface area contributed by atoms with Crippen LogP contribution < -0.4 is 18.9 Å². The summed E-state index contributed by atoms with van der Waals surface area (Å²) in [6, 6.07) is 8.07. The Kier molecular flexibility index (Phi) is 5.44. The van der Waals surface area contributed by atoms with Crippen molar-refractivity contribution >= 4 is 11.6 Å². The van der Waals surface area contributed by atoms with Gasteiger partial charge in [0.2, 0.25) is 0 Å². The van der Waals surface area contributed by atoms with Crippen molar-refractivity contribution < 1.29 is 38.7 Å². The highest BCUT2D eigenvalue weighted by molar-refractivity contribution is 5.90. The number of methoxy groups -OCH3 is 2. The molecule has 4 fully saturated rings. The first-order valence-corrected chi connectivity index (χ1v) is 16.5. The molecular formula is C36H40O8. The maximum absolute atomic E-state index is 12.6. The number of hydrogen-bond acceptors (Lipinski definition) is 8. The minimum Gasteiger partial charge on any atom is -0.493 e. The van der Waals surface area contributed by atoms with E-state index in [-0.39, 0.29) is 23.4 Å². The zero-order chi connectivity index (χ0) is 30.2. The minimum atomic E-state index is -0.797. The number of carbonyl (C=O) groups is 2. The summed E-state index contributed by atoms with van der Waals surface area (Å²) in [5, 5.41) is 23.2. The molecule has 4 saturated carbocycles. The van der Waals surface area contributed by atoms with E-state index in [1.54, 1.807) is 14.2 Å². The summed E-state index contributed by atoms with van der Waals surface area (Å²) >= 11 is 0. The Labute approximate surface area is 257 Å². The van der Waals surface area contributed by atoms with Crippen LogP contribution in [0.15, 0.2) is 24.3 Å². The lowest BCUT2D eigenvalue weighted by molar-refractivity contribution is -0.177. The minimum absolute atomic E-state index is 0.136. The summed E-state index contributed by atoms with van der Waals surface area (Å²) in [6.07, 6.45) is 8.57. The van der Waals surface area contributed by atoms with E-state index in [0.29, 0.717) is 48.7 Å². The SMILES string of the molecule is COc1ccc2c3c1O[C@@H]1C(=O)CC[C@]4(O)C(CCC[C@@]314)C2.COc1ccc2c3c1O[C@H]1C(=O)CC[C@@]4(O)C(CCC[C@]314)C2. The Balaban J connectivity index is 0.000000123. The largest absolute Gasteiger partial charge is 0.493 e. The fourth-order valence-corrected chi connectivity index (χ4v) is 11.6. The molecule has 6 aliphatic carbocycles. The molecule has 0 amide bonds. The number of aliphatic hydroxyl groups is 2. The van der Waals surface area contributed by atoms with Gasteiger partial charge in [-0.15, -0.1) is 0 Å². The Hall–Kier alpha value is -3.10. The summed E-state index contributed by atoms with van der Waals surface area (Å²) in [5.41, 5.74) is 1.95. The van der Waals surface area contributed by atoms with E-state index in [4.69, 9.17) is 18.9 Å². The molecule has 2 spiro atoms. The van der Waals surface area contributed by atoms with Crippen LogP contribution in [0.25, 0.3) is 0 Å². The summed E-state index contributed by atoms with van der Waals surface area (Å²) < 4.78 is 23.2. The molecule has 0 radical (unpaired) electrons. The van der Waals surface area contributed by atoms with Crippen LogP contribution in [0.4, 0.5) is 0 Å². The molecule has 8 nitrogen and oxygen atoms in total. The van der Waals surface area contributed by atoms with E-state index in [0.717, 1.165) is 62.5 Å². The monoisotopic (exact) mass is 600 g/mol. The third-order valence-electron chi connectivity index (χ3n) is 13.3. The van der Waals surface area contributed by atoms with E-state index < -0.39 is 34.2 Å². The highest BCUT2D eigenvalue weighted by Gasteiger charge is 2.73. The van der Waals surface area contributed by atoms with E-state index in [2.05, 4.69) is 12.1 Å². The second-order valence-corrected chi connectivity index (χ2v) is 14.6. The fraction of sp³-hybridized carbons (Fsp3) is 0.611. The van der Waals surface area contributed by atoms with Crippen molar-refractivity contribution in [3.8, 4) is 23.0 Å². The van der Waals surface area contributed by atoms with Crippen molar-refractivity contribution in [3.63, 3.8) is 0 Å². The van der Waals surface area contributed by atoms with Crippen LogP contribution >= 0.6 is 0 Å². The van der Waals surface area contributed by atoms with Gasteiger partial charge >= 0.3 is 0 Å². The molecule has 2 N–H and O–H groups in total. The predicted octanol–water partition coefficient (Wildman–Crippen LogP) is 4.29. The second kappa shape index (κ2) is 8.79. The van der Waals surface area contributed by atoms with Crippen LogP contribution in [0.5, 0.6) is 23.0 Å². The number of hydrogen-bond donors (Lipinski definition) is 2. The first-order chi connectivity index (χ1) is 21.2. The predicted molar refractivity (Wildman–Crippen MR) is 159 cm³/mol. The molecule has 2 aliphatic heterocycles. The van der Waals surface area contributed by atoms with Crippen molar-refractivity contribution in [1.29, 1.82) is 0 Å². The van der Waals surface area contributed by atoms with Crippen LogP contribution in [0, 0.1) is 11.8 Å². The molecule has 2 unspecified atom stereocenters. The molecule has 2 aromatic rings. The Bertz CT molecular complexity index is 1510. The molecule has 2 heterocycles. The molecule has 44 heavy (non-hydrogen) atoms. The van der Waals surface area contributed by atoms with Gasteiger partial charge in [-0.25, -0.2) is 0 Å². The van der Waals surface area contributed by atoms with Gasteiger partial charge < -0.3 is 29.2 Å². The van der Waals surface area contributed by atoms with Gasteiger partial charge in [-0.1, -0.05) is 25.0 Å². The van der Waals surface area contributed by atoms with Crippen LogP contribution in [0.1, 0.15) is 86.5 Å². The molecule has 2 aromatic carbocycles. The summed E-state index contributed by atoms with van der Waals surface area (Å²) in [5.74, 6) is 3.54. The maximum Gasteiger partial charge on any atom is 0.174 e. The normalized spacial score (nSPS) is 40.9. The third kappa shape index (κ3) is 2.90. The van der Waals surface area contributed by atoms with Gasteiger partial charge in [0.1, 0.15) is 0 Å². The van der Waals surface area contributed by atoms with Crippen molar-refractivity contribution in [1.82, 2.24) is 0 Å². The highest BCUT2D eigenvalue weighted by Crippen LogP contribution is 2.68. The van der Waals surface area contributed by atoms with Gasteiger partial charge in [-0.05, 0) is 86.5 Å². The first-order valence-electron chi connectivity index (χ1n) is 16.5. The third-order valence-corrected chi connectivity index (χ3v) is 13.3. The van der Waals surface area contributed by atoms with Crippen LogP contribution in [-0.2, 0) is 33.3 Å². The van der Waals surface area contributed by atoms with Gasteiger partial charge in [0.15, 0.2) is 46.8 Å². The lowest BCUT2D eigenvalue weighted by Crippen LogP contribution is -2.69. The first kappa shape index (κ1) is 27.2. The van der Waals surface area contributed by atoms with E-state index in [1.807, 2.05) is 12.1 Å². The molecule has 8 aliphatic rings. The molecule has 0 saturated heterocycles. The van der Waals surface area contributed by atoms with Gasteiger partial charge in [-0.2, -0.15) is 0 Å². The Morgan fingerprint density at radius 1 is 0.682 bits per heavy atom. The smallest absolute Gasteiger partial charge is 0.174 e. The molecule has 4 bridgehead atoms. The quantitative estimate of drug-likeness (QED) is 0.526. The van der Waals surface area contributed by atoms with Crippen molar-refractivity contribution in [3.05, 3.63) is 46.5 Å². The van der Waals surface area contributed by atoms with E-state index >= 15 is 0 Å². The van der Waals surface area contributed by atoms with Gasteiger partial charge in [0, 0.05) is 24.0 Å². The molecule has 10 rings (SSSR count). The van der Waals surface area contributed by atoms with Crippen molar-refractivity contribution in [2.24, 2.45) is 11.8 Å². The summed E-state index contributed by atoms with van der Waals surface area (Å²) in [4.78, 5) is 25.2. The maximum atomic E-state index is 12.6. The number of ketones is 2. The number of carbonyl (C=O) groups excluding carboxylic acids is 2. The summed E-state index contributed by atoms with van der Waals surface area (Å²) in [6.45, 7) is 0. The Morgan fingerprint density at radius 2 is 1.11 bits per heavy atom. The van der Waals surface area contributed by atoms with Crippen LogP contribution in [0.2, 0.25) is 0 Å².